The number of allylic oxidation sites excluding steroid dienone is 1. The molecule has 16 heavy (non-hydrogen) atoms. The first-order valence-corrected chi connectivity index (χ1v) is 6.23. The first-order chi connectivity index (χ1) is 7.83. The molecule has 1 nitrogen and oxygen atoms in total. The van der Waals surface area contributed by atoms with E-state index < -0.39 is 0 Å². The highest BCUT2D eigenvalue weighted by atomic mass is 14.6. The number of benzene rings is 1. The zero-order chi connectivity index (χ0) is 11.6. The molecule has 0 heterocycles. The molecule has 1 unspecified atom stereocenters. The van der Waals surface area contributed by atoms with Gasteiger partial charge in [-0.3, -0.25) is 0 Å². The molecular weight excluding hydrogens is 194 g/mol. The van der Waals surface area contributed by atoms with Crippen LogP contribution in [0, 0.1) is 0 Å². The summed E-state index contributed by atoms with van der Waals surface area (Å²) in [5, 5.41) is 0. The number of nitrogens with two attached hydrogens (primary N) is 1. The van der Waals surface area contributed by atoms with Gasteiger partial charge < -0.3 is 5.73 Å². The van der Waals surface area contributed by atoms with Crippen molar-refractivity contribution in [2.75, 3.05) is 0 Å². The maximum atomic E-state index is 6.04. The Balaban J connectivity index is 2.08. The average molecular weight is 217 g/mol. The topological polar surface area (TPSA) is 26.0 Å². The first kappa shape index (κ1) is 13.0. The van der Waals surface area contributed by atoms with Gasteiger partial charge in [0.05, 0.1) is 0 Å². The van der Waals surface area contributed by atoms with Crippen LogP contribution in [0.1, 0.15) is 37.7 Å². The summed E-state index contributed by atoms with van der Waals surface area (Å²) in [6, 6.07) is 11.0. The van der Waals surface area contributed by atoms with E-state index in [1.54, 1.807) is 0 Å². The fraction of sp³-hybridized carbons (Fsp3) is 0.467. The number of rotatable bonds is 8. The predicted octanol–water partition coefficient (Wildman–Crippen LogP) is 3.69. The molecule has 1 rings (SSSR count). The Morgan fingerprint density at radius 1 is 1.12 bits per heavy atom. The highest BCUT2D eigenvalue weighted by Crippen LogP contribution is 2.09. The molecule has 0 bridgehead atoms. The summed E-state index contributed by atoms with van der Waals surface area (Å²) in [5.41, 5.74) is 7.46. The van der Waals surface area contributed by atoms with Gasteiger partial charge in [-0.05, 0) is 44.1 Å². The van der Waals surface area contributed by atoms with Gasteiger partial charge in [0.2, 0.25) is 0 Å². The molecule has 0 saturated heterocycles. The number of unbranched alkanes of at least 4 members (excludes halogenated alkanes) is 1. The molecule has 1 atom stereocenters. The largest absolute Gasteiger partial charge is 0.328 e. The van der Waals surface area contributed by atoms with E-state index in [0.717, 1.165) is 25.7 Å². The molecule has 1 aromatic carbocycles. The molecular formula is C15H23N. The van der Waals surface area contributed by atoms with Crippen molar-refractivity contribution in [3.63, 3.8) is 0 Å². The van der Waals surface area contributed by atoms with Crippen molar-refractivity contribution in [2.45, 2.75) is 44.6 Å². The number of hydrogen-bond donors (Lipinski definition) is 1. The summed E-state index contributed by atoms with van der Waals surface area (Å²) >= 11 is 0. The zero-order valence-corrected chi connectivity index (χ0v) is 10.1. The Hall–Kier alpha value is -1.08. The van der Waals surface area contributed by atoms with Crippen molar-refractivity contribution in [1.82, 2.24) is 0 Å². The molecule has 0 radical (unpaired) electrons. The minimum Gasteiger partial charge on any atom is -0.328 e. The SMILES string of the molecule is C=CCCCC(N)CCCc1ccccc1. The molecule has 0 fully saturated rings. The van der Waals surface area contributed by atoms with Gasteiger partial charge in [0.1, 0.15) is 0 Å². The zero-order valence-electron chi connectivity index (χ0n) is 10.1. The summed E-state index contributed by atoms with van der Waals surface area (Å²) in [6.07, 6.45) is 8.83. The van der Waals surface area contributed by atoms with Crippen LogP contribution >= 0.6 is 0 Å². The molecule has 0 aliphatic heterocycles. The average Bonchev–Trinajstić information content (AvgIpc) is 2.31. The molecule has 0 aromatic heterocycles. The standard InChI is InChI=1S/C15H23N/c1-2-3-5-12-15(16)13-8-11-14-9-6-4-7-10-14/h2,4,6-7,9-10,15H,1,3,5,8,11-13,16H2. The molecule has 1 heteroatoms. The molecule has 2 N–H and O–H groups in total. The minimum absolute atomic E-state index is 0.365. The van der Waals surface area contributed by atoms with E-state index in [0.29, 0.717) is 6.04 Å². The summed E-state index contributed by atoms with van der Waals surface area (Å²) < 4.78 is 0. The van der Waals surface area contributed by atoms with Gasteiger partial charge in [-0.25, -0.2) is 0 Å². The lowest BCUT2D eigenvalue weighted by atomic mass is 10.0. The highest BCUT2D eigenvalue weighted by molar-refractivity contribution is 5.14. The van der Waals surface area contributed by atoms with Crippen molar-refractivity contribution in [2.24, 2.45) is 5.73 Å². The van der Waals surface area contributed by atoms with Gasteiger partial charge in [0.25, 0.3) is 0 Å². The van der Waals surface area contributed by atoms with Crippen LogP contribution in [0.3, 0.4) is 0 Å². The fourth-order valence-electron chi connectivity index (χ4n) is 1.88. The molecule has 0 spiro atoms. The van der Waals surface area contributed by atoms with E-state index in [9.17, 15) is 0 Å². The van der Waals surface area contributed by atoms with E-state index in [1.165, 1.54) is 18.4 Å². The summed E-state index contributed by atoms with van der Waals surface area (Å²) in [7, 11) is 0. The molecule has 0 amide bonds. The Labute approximate surface area is 99.4 Å². The summed E-state index contributed by atoms with van der Waals surface area (Å²) in [5.74, 6) is 0. The van der Waals surface area contributed by atoms with Crippen LogP contribution < -0.4 is 5.73 Å². The smallest absolute Gasteiger partial charge is 0.00390 e. The van der Waals surface area contributed by atoms with Crippen molar-refractivity contribution in [1.29, 1.82) is 0 Å². The van der Waals surface area contributed by atoms with E-state index in [1.807, 2.05) is 6.08 Å². The highest BCUT2D eigenvalue weighted by Gasteiger charge is 2.01. The number of aryl methyl sites for hydroxylation is 1. The second-order valence-corrected chi connectivity index (χ2v) is 4.36. The van der Waals surface area contributed by atoms with Gasteiger partial charge >= 0.3 is 0 Å². The number of hydrogen-bond acceptors (Lipinski definition) is 1. The Morgan fingerprint density at radius 2 is 1.81 bits per heavy atom. The predicted molar refractivity (Wildman–Crippen MR) is 71.4 cm³/mol. The summed E-state index contributed by atoms with van der Waals surface area (Å²) in [6.45, 7) is 3.72. The third kappa shape index (κ3) is 5.72. The molecule has 1 aromatic rings. The van der Waals surface area contributed by atoms with E-state index in [2.05, 4.69) is 36.9 Å². The Kier molecular flexibility index (Phi) is 6.59. The van der Waals surface area contributed by atoms with Gasteiger partial charge in [0.15, 0.2) is 0 Å². The van der Waals surface area contributed by atoms with Gasteiger partial charge in [0, 0.05) is 6.04 Å². The lowest BCUT2D eigenvalue weighted by Crippen LogP contribution is -2.19. The quantitative estimate of drug-likeness (QED) is 0.521. The van der Waals surface area contributed by atoms with Crippen LogP contribution in [0.15, 0.2) is 43.0 Å². The fourth-order valence-corrected chi connectivity index (χ4v) is 1.88. The van der Waals surface area contributed by atoms with Crippen LogP contribution in [0.25, 0.3) is 0 Å². The molecule has 88 valence electrons. The second kappa shape index (κ2) is 8.12. The van der Waals surface area contributed by atoms with Crippen molar-refractivity contribution in [3.8, 4) is 0 Å². The van der Waals surface area contributed by atoms with E-state index in [4.69, 9.17) is 5.73 Å². The summed E-state index contributed by atoms with van der Waals surface area (Å²) in [4.78, 5) is 0. The monoisotopic (exact) mass is 217 g/mol. The van der Waals surface area contributed by atoms with Crippen LogP contribution in [0.4, 0.5) is 0 Å². The van der Waals surface area contributed by atoms with Crippen LogP contribution in [0.5, 0.6) is 0 Å². The van der Waals surface area contributed by atoms with Gasteiger partial charge in [-0.15, -0.1) is 6.58 Å². The Bertz CT molecular complexity index is 279. The van der Waals surface area contributed by atoms with E-state index in [-0.39, 0.29) is 0 Å². The van der Waals surface area contributed by atoms with Crippen molar-refractivity contribution in [3.05, 3.63) is 48.6 Å². The maximum absolute atomic E-state index is 6.04. The molecule has 0 aliphatic rings. The minimum atomic E-state index is 0.365. The van der Waals surface area contributed by atoms with Crippen LogP contribution in [-0.2, 0) is 6.42 Å². The normalized spacial score (nSPS) is 12.3. The van der Waals surface area contributed by atoms with Crippen molar-refractivity contribution >= 4 is 0 Å². The van der Waals surface area contributed by atoms with Crippen LogP contribution in [0.2, 0.25) is 0 Å². The third-order valence-electron chi connectivity index (χ3n) is 2.87. The molecule has 0 saturated carbocycles. The van der Waals surface area contributed by atoms with E-state index >= 15 is 0 Å². The van der Waals surface area contributed by atoms with Gasteiger partial charge in [-0.2, -0.15) is 0 Å². The second-order valence-electron chi connectivity index (χ2n) is 4.36. The van der Waals surface area contributed by atoms with Crippen LogP contribution in [-0.4, -0.2) is 6.04 Å². The lowest BCUT2D eigenvalue weighted by Gasteiger charge is -2.10. The third-order valence-corrected chi connectivity index (χ3v) is 2.87. The molecule has 0 aliphatic carbocycles. The lowest BCUT2D eigenvalue weighted by molar-refractivity contribution is 0.530. The Morgan fingerprint density at radius 3 is 2.50 bits per heavy atom. The van der Waals surface area contributed by atoms with Gasteiger partial charge in [-0.1, -0.05) is 36.4 Å². The first-order valence-electron chi connectivity index (χ1n) is 6.23. The maximum Gasteiger partial charge on any atom is 0.00390 e. The van der Waals surface area contributed by atoms with Crippen molar-refractivity contribution < 1.29 is 0 Å².